The van der Waals surface area contributed by atoms with Crippen LogP contribution in [0.15, 0.2) is 42.5 Å². The predicted octanol–water partition coefficient (Wildman–Crippen LogP) is 3.06. The average Bonchev–Trinajstić information content (AvgIpc) is 2.55. The molecule has 0 radical (unpaired) electrons. The van der Waals surface area contributed by atoms with Crippen molar-refractivity contribution in [1.82, 2.24) is 10.2 Å². The van der Waals surface area contributed by atoms with E-state index in [4.69, 9.17) is 4.74 Å². The molecule has 0 aliphatic rings. The van der Waals surface area contributed by atoms with Crippen molar-refractivity contribution in [3.8, 4) is 5.75 Å². The maximum absolute atomic E-state index is 12.2. The van der Waals surface area contributed by atoms with Crippen LogP contribution in [-0.4, -0.2) is 31.5 Å². The highest BCUT2D eigenvalue weighted by molar-refractivity contribution is 5.78. The number of nitrogens with one attached hydrogen (secondary N) is 1. The minimum atomic E-state index is 0.00757. The number of hydrogen-bond acceptors (Lipinski definition) is 3. The van der Waals surface area contributed by atoms with Crippen molar-refractivity contribution >= 4 is 5.91 Å². The predicted molar refractivity (Wildman–Crippen MR) is 97.1 cm³/mol. The number of para-hydroxylation sites is 1. The van der Waals surface area contributed by atoms with Crippen LogP contribution in [0.5, 0.6) is 5.75 Å². The van der Waals surface area contributed by atoms with Crippen molar-refractivity contribution in [1.29, 1.82) is 0 Å². The van der Waals surface area contributed by atoms with Crippen molar-refractivity contribution in [3.05, 3.63) is 64.7 Å². The highest BCUT2D eigenvalue weighted by Crippen LogP contribution is 2.16. The third kappa shape index (κ3) is 5.10. The number of likely N-dealkylation sites (N-methyl/N-ethyl adjacent to an activating group) is 1. The summed E-state index contributed by atoms with van der Waals surface area (Å²) in [4.78, 5) is 14.2. The second-order valence-electron chi connectivity index (χ2n) is 6.19. The molecule has 2 aromatic carbocycles. The van der Waals surface area contributed by atoms with Crippen molar-refractivity contribution in [2.45, 2.75) is 26.9 Å². The molecule has 0 spiro atoms. The molecule has 2 rings (SSSR count). The van der Waals surface area contributed by atoms with Crippen LogP contribution in [0.25, 0.3) is 0 Å². The Balaban J connectivity index is 1.85. The van der Waals surface area contributed by atoms with Crippen LogP contribution in [0.3, 0.4) is 0 Å². The van der Waals surface area contributed by atoms with Gasteiger partial charge in [0.05, 0.1) is 13.7 Å². The van der Waals surface area contributed by atoms with Crippen molar-refractivity contribution in [2.75, 3.05) is 20.7 Å². The molecule has 128 valence electrons. The Labute approximate surface area is 144 Å². The van der Waals surface area contributed by atoms with E-state index in [0.29, 0.717) is 13.1 Å². The lowest BCUT2D eigenvalue weighted by Gasteiger charge is -2.18. The van der Waals surface area contributed by atoms with Crippen LogP contribution < -0.4 is 10.1 Å². The van der Waals surface area contributed by atoms with Crippen molar-refractivity contribution in [2.24, 2.45) is 0 Å². The molecule has 0 heterocycles. The molecule has 0 bridgehead atoms. The normalized spacial score (nSPS) is 10.7. The fourth-order valence-corrected chi connectivity index (χ4v) is 2.71. The number of benzene rings is 2. The molecule has 0 aliphatic carbocycles. The van der Waals surface area contributed by atoms with Gasteiger partial charge in [-0.2, -0.15) is 0 Å². The van der Waals surface area contributed by atoms with Gasteiger partial charge in [-0.05, 0) is 38.1 Å². The third-order valence-electron chi connectivity index (χ3n) is 4.02. The zero-order valence-corrected chi connectivity index (χ0v) is 14.9. The Kier molecular flexibility index (Phi) is 6.38. The van der Waals surface area contributed by atoms with Gasteiger partial charge in [0.25, 0.3) is 0 Å². The number of nitrogens with zero attached hydrogens (tertiary/aromatic N) is 1. The fourth-order valence-electron chi connectivity index (χ4n) is 2.71. The summed E-state index contributed by atoms with van der Waals surface area (Å²) in [5, 5.41) is 2.95. The summed E-state index contributed by atoms with van der Waals surface area (Å²) >= 11 is 0. The highest BCUT2D eigenvalue weighted by atomic mass is 16.5. The first-order valence-electron chi connectivity index (χ1n) is 8.13. The molecular formula is C20H26N2O2. The molecule has 0 fully saturated rings. The largest absolute Gasteiger partial charge is 0.496 e. The van der Waals surface area contributed by atoms with Gasteiger partial charge in [-0.25, -0.2) is 0 Å². The third-order valence-corrected chi connectivity index (χ3v) is 4.02. The first kappa shape index (κ1) is 18.0. The zero-order chi connectivity index (χ0) is 17.5. The quantitative estimate of drug-likeness (QED) is 0.850. The second-order valence-corrected chi connectivity index (χ2v) is 6.19. The topological polar surface area (TPSA) is 41.6 Å². The summed E-state index contributed by atoms with van der Waals surface area (Å²) in [5.41, 5.74) is 4.75. The molecule has 0 aromatic heterocycles. The van der Waals surface area contributed by atoms with E-state index in [-0.39, 0.29) is 5.91 Å². The minimum absolute atomic E-state index is 0.00757. The van der Waals surface area contributed by atoms with Crippen LogP contribution in [-0.2, 0) is 17.9 Å². The lowest BCUT2D eigenvalue weighted by Crippen LogP contribution is -2.34. The van der Waals surface area contributed by atoms with Gasteiger partial charge in [0.15, 0.2) is 0 Å². The van der Waals surface area contributed by atoms with Crippen LogP contribution >= 0.6 is 0 Å². The van der Waals surface area contributed by atoms with E-state index in [2.05, 4.69) is 37.4 Å². The molecule has 1 N–H and O–H groups in total. The average molecular weight is 326 g/mol. The summed E-state index contributed by atoms with van der Waals surface area (Å²) in [6.07, 6.45) is 0. The number of amides is 1. The molecule has 2 aromatic rings. The molecule has 4 nitrogen and oxygen atoms in total. The van der Waals surface area contributed by atoms with Crippen LogP contribution in [0, 0.1) is 13.8 Å². The van der Waals surface area contributed by atoms with Crippen LogP contribution in [0.1, 0.15) is 22.3 Å². The maximum Gasteiger partial charge on any atom is 0.234 e. The van der Waals surface area contributed by atoms with Gasteiger partial charge in [0, 0.05) is 18.7 Å². The van der Waals surface area contributed by atoms with E-state index in [1.807, 2.05) is 36.2 Å². The number of hydrogen-bond donors (Lipinski definition) is 1. The SMILES string of the molecule is COc1ccccc1CNC(=O)CN(C)Cc1ccc(C)cc1C. The molecule has 0 aliphatic heterocycles. The van der Waals surface area contributed by atoms with Crippen LogP contribution in [0.2, 0.25) is 0 Å². The van der Waals surface area contributed by atoms with E-state index < -0.39 is 0 Å². The first-order chi connectivity index (χ1) is 11.5. The van der Waals surface area contributed by atoms with E-state index >= 15 is 0 Å². The lowest BCUT2D eigenvalue weighted by molar-refractivity contribution is -0.122. The van der Waals surface area contributed by atoms with Gasteiger partial charge < -0.3 is 10.1 Å². The van der Waals surface area contributed by atoms with Crippen molar-refractivity contribution in [3.63, 3.8) is 0 Å². The second kappa shape index (κ2) is 8.50. The Bertz CT molecular complexity index is 698. The van der Waals surface area contributed by atoms with E-state index in [1.54, 1.807) is 7.11 Å². The van der Waals surface area contributed by atoms with Gasteiger partial charge in [0.1, 0.15) is 5.75 Å². The highest BCUT2D eigenvalue weighted by Gasteiger charge is 2.09. The van der Waals surface area contributed by atoms with Gasteiger partial charge in [-0.15, -0.1) is 0 Å². The number of carbonyl (C=O) groups is 1. The number of methoxy groups -OCH3 is 1. The molecular weight excluding hydrogens is 300 g/mol. The molecule has 24 heavy (non-hydrogen) atoms. The monoisotopic (exact) mass is 326 g/mol. The van der Waals surface area contributed by atoms with Gasteiger partial charge in [0.2, 0.25) is 5.91 Å². The fraction of sp³-hybridized carbons (Fsp3) is 0.350. The van der Waals surface area contributed by atoms with Gasteiger partial charge in [-0.3, -0.25) is 9.69 Å². The summed E-state index contributed by atoms with van der Waals surface area (Å²) in [5.74, 6) is 0.801. The molecule has 0 saturated carbocycles. The summed E-state index contributed by atoms with van der Waals surface area (Å²) in [6.45, 7) is 5.79. The van der Waals surface area contributed by atoms with Gasteiger partial charge in [-0.1, -0.05) is 42.0 Å². The Morgan fingerprint density at radius 3 is 2.58 bits per heavy atom. The Morgan fingerprint density at radius 2 is 1.88 bits per heavy atom. The summed E-state index contributed by atoms with van der Waals surface area (Å²) in [6, 6.07) is 14.1. The molecule has 4 heteroatoms. The van der Waals surface area contributed by atoms with Crippen molar-refractivity contribution < 1.29 is 9.53 Å². The first-order valence-corrected chi connectivity index (χ1v) is 8.13. The lowest BCUT2D eigenvalue weighted by atomic mass is 10.1. The molecule has 0 unspecified atom stereocenters. The smallest absolute Gasteiger partial charge is 0.234 e. The zero-order valence-electron chi connectivity index (χ0n) is 14.9. The van der Waals surface area contributed by atoms with E-state index in [0.717, 1.165) is 17.9 Å². The number of aryl methyl sites for hydroxylation is 2. The van der Waals surface area contributed by atoms with Crippen LogP contribution in [0.4, 0.5) is 0 Å². The minimum Gasteiger partial charge on any atom is -0.496 e. The van der Waals surface area contributed by atoms with E-state index in [1.165, 1.54) is 16.7 Å². The maximum atomic E-state index is 12.2. The standard InChI is InChI=1S/C20H26N2O2/c1-15-9-10-18(16(2)11-15)13-22(3)14-20(23)21-12-17-7-5-6-8-19(17)24-4/h5-11H,12-14H2,1-4H3,(H,21,23). The summed E-state index contributed by atoms with van der Waals surface area (Å²) < 4.78 is 5.30. The molecule has 0 atom stereocenters. The molecule has 1 amide bonds. The number of ether oxygens (including phenoxy) is 1. The molecule has 0 saturated heterocycles. The van der Waals surface area contributed by atoms with Gasteiger partial charge >= 0.3 is 0 Å². The number of rotatable bonds is 7. The summed E-state index contributed by atoms with van der Waals surface area (Å²) in [7, 11) is 3.60. The Hall–Kier alpha value is -2.33. The Morgan fingerprint density at radius 1 is 1.12 bits per heavy atom. The number of carbonyl (C=O) groups excluding carboxylic acids is 1. The van der Waals surface area contributed by atoms with E-state index in [9.17, 15) is 4.79 Å².